The maximum absolute atomic E-state index is 10.7. The average molecular weight is 252 g/mol. The van der Waals surface area contributed by atoms with E-state index in [-0.39, 0.29) is 17.8 Å². The molecule has 0 aromatic carbocycles. The molecular weight excluding hydrogens is 236 g/mol. The van der Waals surface area contributed by atoms with Crippen LogP contribution in [0, 0.1) is 10.1 Å². The second kappa shape index (κ2) is 5.28. The van der Waals surface area contributed by atoms with Gasteiger partial charge < -0.3 is 15.4 Å². The van der Waals surface area contributed by atoms with Gasteiger partial charge in [0.05, 0.1) is 23.7 Å². The van der Waals surface area contributed by atoms with Crippen LogP contribution in [0.1, 0.15) is 6.92 Å². The van der Waals surface area contributed by atoms with E-state index in [9.17, 15) is 10.1 Å². The fourth-order valence-electron chi connectivity index (χ4n) is 1.90. The van der Waals surface area contributed by atoms with Crippen LogP contribution in [0.4, 0.5) is 11.5 Å². The van der Waals surface area contributed by atoms with Crippen molar-refractivity contribution >= 4 is 11.5 Å². The number of nitro groups is 1. The number of nitrogens with two attached hydrogens (primary N) is 1. The minimum absolute atomic E-state index is 0.0452. The smallest absolute Gasteiger partial charge is 0.274 e. The summed E-state index contributed by atoms with van der Waals surface area (Å²) in [5, 5.41) is 10.7. The van der Waals surface area contributed by atoms with Gasteiger partial charge in [-0.05, 0) is 6.92 Å². The summed E-state index contributed by atoms with van der Waals surface area (Å²) in [6, 6.07) is 2.78. The number of hydrogen-bond donors (Lipinski definition) is 1. The second-order valence-corrected chi connectivity index (χ2v) is 4.34. The Bertz CT molecular complexity index is 438. The van der Waals surface area contributed by atoms with Crippen molar-refractivity contribution in [3.63, 3.8) is 0 Å². The van der Waals surface area contributed by atoms with Crippen molar-refractivity contribution < 1.29 is 9.66 Å². The van der Waals surface area contributed by atoms with Crippen LogP contribution in [0.2, 0.25) is 0 Å². The molecule has 1 fully saturated rings. The lowest BCUT2D eigenvalue weighted by atomic mass is 10.1. The van der Waals surface area contributed by atoms with Crippen molar-refractivity contribution in [2.45, 2.75) is 19.1 Å². The molecular formula is C11H16N4O3. The minimum atomic E-state index is -0.422. The molecule has 0 aliphatic carbocycles. The van der Waals surface area contributed by atoms with Gasteiger partial charge in [-0.2, -0.15) is 0 Å². The Morgan fingerprint density at radius 1 is 1.72 bits per heavy atom. The summed E-state index contributed by atoms with van der Waals surface area (Å²) in [6.45, 7) is 3.70. The van der Waals surface area contributed by atoms with E-state index in [0.29, 0.717) is 25.5 Å². The van der Waals surface area contributed by atoms with Crippen molar-refractivity contribution in [3.05, 3.63) is 28.4 Å². The van der Waals surface area contributed by atoms with Gasteiger partial charge in [0, 0.05) is 31.4 Å². The molecule has 0 bridgehead atoms. The van der Waals surface area contributed by atoms with E-state index < -0.39 is 4.92 Å². The molecule has 2 N–H and O–H groups in total. The fourth-order valence-corrected chi connectivity index (χ4v) is 1.90. The lowest BCUT2D eigenvalue weighted by Gasteiger charge is -2.35. The number of nitrogens with zero attached hydrogens (tertiary/aromatic N) is 3. The van der Waals surface area contributed by atoms with Gasteiger partial charge in [-0.3, -0.25) is 10.1 Å². The van der Waals surface area contributed by atoms with Crippen LogP contribution < -0.4 is 10.6 Å². The van der Waals surface area contributed by atoms with Crippen LogP contribution in [0.15, 0.2) is 18.3 Å². The Labute approximate surface area is 105 Å². The zero-order valence-corrected chi connectivity index (χ0v) is 10.2. The highest BCUT2D eigenvalue weighted by Gasteiger charge is 2.25. The van der Waals surface area contributed by atoms with Gasteiger partial charge in [-0.25, -0.2) is 4.98 Å². The Kier molecular flexibility index (Phi) is 3.73. The van der Waals surface area contributed by atoms with Gasteiger partial charge in [-0.1, -0.05) is 0 Å². The summed E-state index contributed by atoms with van der Waals surface area (Å²) in [7, 11) is 0. The van der Waals surface area contributed by atoms with Gasteiger partial charge >= 0.3 is 0 Å². The summed E-state index contributed by atoms with van der Waals surface area (Å²) in [6.07, 6.45) is 1.38. The number of hydrogen-bond acceptors (Lipinski definition) is 6. The standard InChI is InChI=1S/C11H16N4O3/c1-8(12)10-7-14(4-5-18-10)11-6-9(15(16)17)2-3-13-11/h2-3,6,8,10H,4-5,7,12H2,1H3. The summed E-state index contributed by atoms with van der Waals surface area (Å²) >= 11 is 0. The predicted molar refractivity (Wildman–Crippen MR) is 66.5 cm³/mol. The number of aromatic nitrogens is 1. The molecule has 2 unspecified atom stereocenters. The second-order valence-electron chi connectivity index (χ2n) is 4.34. The number of anilines is 1. The van der Waals surface area contributed by atoms with E-state index in [4.69, 9.17) is 10.5 Å². The van der Waals surface area contributed by atoms with Crippen LogP contribution >= 0.6 is 0 Å². The third kappa shape index (κ3) is 2.74. The zero-order valence-electron chi connectivity index (χ0n) is 10.2. The van der Waals surface area contributed by atoms with E-state index in [1.54, 1.807) is 0 Å². The molecule has 2 rings (SSSR count). The van der Waals surface area contributed by atoms with Crippen LogP contribution in [-0.4, -0.2) is 41.7 Å². The predicted octanol–water partition coefficient (Wildman–Crippen LogP) is 0.542. The molecule has 7 nitrogen and oxygen atoms in total. The van der Waals surface area contributed by atoms with Crippen LogP contribution in [-0.2, 0) is 4.74 Å². The number of ether oxygens (including phenoxy) is 1. The molecule has 0 radical (unpaired) electrons. The molecule has 1 aliphatic rings. The van der Waals surface area contributed by atoms with Gasteiger partial charge in [0.15, 0.2) is 0 Å². The van der Waals surface area contributed by atoms with E-state index in [2.05, 4.69) is 4.98 Å². The van der Waals surface area contributed by atoms with Crippen molar-refractivity contribution in [3.8, 4) is 0 Å². The summed E-state index contributed by atoms with van der Waals surface area (Å²) in [5.74, 6) is 0.596. The van der Waals surface area contributed by atoms with Gasteiger partial charge in [0.25, 0.3) is 5.69 Å². The molecule has 1 aromatic heterocycles. The Balaban J connectivity index is 2.15. The Hall–Kier alpha value is -1.73. The molecule has 98 valence electrons. The lowest BCUT2D eigenvalue weighted by Crippen LogP contribution is -2.49. The third-order valence-corrected chi connectivity index (χ3v) is 2.94. The Morgan fingerprint density at radius 2 is 2.50 bits per heavy atom. The van der Waals surface area contributed by atoms with E-state index in [0.717, 1.165) is 0 Å². The highest BCUT2D eigenvalue weighted by atomic mass is 16.6. The van der Waals surface area contributed by atoms with Gasteiger partial charge in [0.2, 0.25) is 0 Å². The molecule has 18 heavy (non-hydrogen) atoms. The summed E-state index contributed by atoms with van der Waals surface area (Å²) in [5.41, 5.74) is 5.85. The van der Waals surface area contributed by atoms with Crippen molar-refractivity contribution in [2.24, 2.45) is 5.73 Å². The summed E-state index contributed by atoms with van der Waals surface area (Å²) < 4.78 is 5.54. The molecule has 0 spiro atoms. The molecule has 2 heterocycles. The first-order valence-corrected chi connectivity index (χ1v) is 5.80. The first kappa shape index (κ1) is 12.7. The van der Waals surface area contributed by atoms with Crippen LogP contribution in [0.5, 0.6) is 0 Å². The van der Waals surface area contributed by atoms with Crippen LogP contribution in [0.3, 0.4) is 0 Å². The normalized spacial score (nSPS) is 21.7. The fraction of sp³-hybridized carbons (Fsp3) is 0.545. The minimum Gasteiger partial charge on any atom is -0.373 e. The van der Waals surface area contributed by atoms with E-state index in [1.807, 2.05) is 11.8 Å². The molecule has 0 saturated carbocycles. The maximum Gasteiger partial charge on any atom is 0.274 e. The van der Waals surface area contributed by atoms with Crippen molar-refractivity contribution in [2.75, 3.05) is 24.6 Å². The average Bonchev–Trinajstić information content (AvgIpc) is 2.39. The van der Waals surface area contributed by atoms with E-state index >= 15 is 0 Å². The highest BCUT2D eigenvalue weighted by molar-refractivity contribution is 5.47. The molecule has 0 amide bonds. The van der Waals surface area contributed by atoms with Crippen LogP contribution in [0.25, 0.3) is 0 Å². The molecule has 7 heteroatoms. The molecule has 1 aliphatic heterocycles. The number of morpholine rings is 1. The molecule has 2 atom stereocenters. The first-order chi connectivity index (χ1) is 8.58. The maximum atomic E-state index is 10.7. The monoisotopic (exact) mass is 252 g/mol. The lowest BCUT2D eigenvalue weighted by molar-refractivity contribution is -0.384. The topological polar surface area (TPSA) is 94.5 Å². The zero-order chi connectivity index (χ0) is 13.1. The third-order valence-electron chi connectivity index (χ3n) is 2.94. The van der Waals surface area contributed by atoms with Gasteiger partial charge in [0.1, 0.15) is 5.82 Å². The van der Waals surface area contributed by atoms with Crippen molar-refractivity contribution in [1.82, 2.24) is 4.98 Å². The number of pyridine rings is 1. The SMILES string of the molecule is CC(N)C1CN(c2cc([N+](=O)[O-])ccn2)CCO1. The number of rotatable bonds is 3. The summed E-state index contributed by atoms with van der Waals surface area (Å²) in [4.78, 5) is 16.4. The Morgan fingerprint density at radius 3 is 3.17 bits per heavy atom. The highest BCUT2D eigenvalue weighted by Crippen LogP contribution is 2.20. The first-order valence-electron chi connectivity index (χ1n) is 5.80. The van der Waals surface area contributed by atoms with E-state index in [1.165, 1.54) is 18.3 Å². The quantitative estimate of drug-likeness (QED) is 0.623. The largest absolute Gasteiger partial charge is 0.373 e. The molecule has 1 saturated heterocycles. The van der Waals surface area contributed by atoms with Gasteiger partial charge in [-0.15, -0.1) is 0 Å². The molecule has 1 aromatic rings. The van der Waals surface area contributed by atoms with Crippen molar-refractivity contribution in [1.29, 1.82) is 0 Å².